The number of nitrogens with zero attached hydrogens (tertiary/aromatic N) is 2. The zero-order chi connectivity index (χ0) is 38.9. The lowest BCUT2D eigenvalue weighted by molar-refractivity contribution is -1.08. The lowest BCUT2D eigenvalue weighted by Gasteiger charge is -2.54. The highest BCUT2D eigenvalue weighted by Crippen LogP contribution is 2.61. The Bertz CT molecular complexity index is 1830. The molecule has 0 radical (unpaired) electrons. The largest absolute Gasteiger partial charge is 0.456 e. The third-order valence-electron chi connectivity index (χ3n) is 14.3. The van der Waals surface area contributed by atoms with Crippen LogP contribution in [0.2, 0.25) is 0 Å². The predicted molar refractivity (Wildman–Crippen MR) is 201 cm³/mol. The number of fused-ring (bicyclic) bond motifs is 3. The van der Waals surface area contributed by atoms with E-state index in [4.69, 9.17) is 23.7 Å². The van der Waals surface area contributed by atoms with Gasteiger partial charge in [0.15, 0.2) is 6.10 Å². The van der Waals surface area contributed by atoms with Crippen LogP contribution >= 0.6 is 0 Å². The molecule has 1 aromatic heterocycles. The zero-order valence-electron chi connectivity index (χ0n) is 32.9. The summed E-state index contributed by atoms with van der Waals surface area (Å²) in [6.45, 7) is 15.1. The number of piperazine rings is 3. The number of likely N-dealkylation sites (N-methyl/N-ethyl adjacent to an activating group) is 1. The maximum Gasteiger partial charge on any atom is 0.355 e. The summed E-state index contributed by atoms with van der Waals surface area (Å²) in [5.41, 5.74) is 1.71. The summed E-state index contributed by atoms with van der Waals surface area (Å²) < 4.78 is 33.5. The molecule has 12 heteroatoms. The van der Waals surface area contributed by atoms with Gasteiger partial charge in [-0.05, 0) is 44.0 Å². The Labute approximate surface area is 323 Å². The molecule has 5 aliphatic heterocycles. The van der Waals surface area contributed by atoms with Crippen molar-refractivity contribution < 1.29 is 52.1 Å². The summed E-state index contributed by atoms with van der Waals surface area (Å²) in [7, 11) is 3.83. The minimum absolute atomic E-state index is 0.224. The number of aromatic amines is 1. The molecule has 2 aromatic rings. The molecule has 4 saturated heterocycles. The van der Waals surface area contributed by atoms with Crippen molar-refractivity contribution in [2.45, 2.75) is 82.9 Å². The standard InChI is InChI=1S/C43H56N3O9/c1-25-22-26(2)43-30(13-14-32-35(43)36(47)27(3)38(39(32)55-43)54-41(49)33-12-9-15-44-33)23-34(51-6)42(50)53-37(25)28(4)52-40(48)31-11-8-7-10-29(31)24-46-19-16-45(5,17-20-46)18-21-46/h7-15,22,25,27-28,30,32,34-39,47H,16-21,23-24H2,1-6H3/q+1/p+1/b26-22+/t25-,27-,28?,30?,32-,34+,35+,36-,37+,38-,39-,43+,45?,46?/m1/s1. The van der Waals surface area contributed by atoms with E-state index in [2.05, 4.69) is 24.2 Å². The van der Waals surface area contributed by atoms with Gasteiger partial charge < -0.3 is 42.7 Å². The quantitative estimate of drug-likeness (QED) is 0.177. The van der Waals surface area contributed by atoms with Crippen LogP contribution in [0.3, 0.4) is 0 Å². The number of ether oxygens (including phenoxy) is 5. The Morgan fingerprint density at radius 2 is 1.76 bits per heavy atom. The first-order valence-electron chi connectivity index (χ1n) is 20.1. The molecular weight excluding hydrogens is 702 g/mol. The molecule has 5 fully saturated rings. The van der Waals surface area contributed by atoms with E-state index in [0.717, 1.165) is 65.9 Å². The van der Waals surface area contributed by atoms with Gasteiger partial charge in [0, 0.05) is 48.5 Å². The molecule has 2 aliphatic carbocycles. The zero-order valence-corrected chi connectivity index (χ0v) is 32.9. The number of quaternary nitrogens is 2. The number of rotatable bonds is 8. The summed E-state index contributed by atoms with van der Waals surface area (Å²) >= 11 is 0. The van der Waals surface area contributed by atoms with E-state index in [-0.39, 0.29) is 24.2 Å². The van der Waals surface area contributed by atoms with Gasteiger partial charge in [-0.15, -0.1) is 0 Å². The van der Waals surface area contributed by atoms with Crippen LogP contribution in [-0.2, 0) is 35.0 Å². The topological polar surface area (TPSA) is 133 Å². The van der Waals surface area contributed by atoms with Gasteiger partial charge in [0.1, 0.15) is 81.5 Å². The molecule has 0 amide bonds. The summed E-state index contributed by atoms with van der Waals surface area (Å²) in [5, 5.41) is 12.1. The predicted octanol–water partition coefficient (Wildman–Crippen LogP) is 4.06. The molecule has 1 aromatic carbocycles. The minimum Gasteiger partial charge on any atom is -0.456 e. The SMILES string of the molecule is CO[C@H]1CC2C=C[C@H]3[C@H]4O[C@]2(/C(C)=C/[C@@H](C)[C@@H](C(C)OC(=O)c2ccccc2C[N+]25CC[N+](C)(CC2)CC5)OC1=O)[C@@H]3[C@H](O)[C@@H](C)[C@H]4OC(=O)c1ccc[nH]1. The molecule has 2 N–H and O–H groups in total. The van der Waals surface area contributed by atoms with Crippen LogP contribution in [-0.4, -0.2) is 133 Å². The highest BCUT2D eigenvalue weighted by molar-refractivity contribution is 5.91. The minimum atomic E-state index is -1.01. The van der Waals surface area contributed by atoms with Crippen LogP contribution in [0.5, 0.6) is 0 Å². The summed E-state index contributed by atoms with van der Waals surface area (Å²) in [4.78, 5) is 44.1. The lowest BCUT2D eigenvalue weighted by Crippen LogP contribution is -2.73. The van der Waals surface area contributed by atoms with E-state index in [9.17, 15) is 19.5 Å². The van der Waals surface area contributed by atoms with Crippen molar-refractivity contribution in [1.82, 2.24) is 4.98 Å². The first-order chi connectivity index (χ1) is 26.3. The molecule has 12 nitrogen and oxygen atoms in total. The third-order valence-corrected chi connectivity index (χ3v) is 14.3. The molecule has 1 spiro atoms. The van der Waals surface area contributed by atoms with Gasteiger partial charge in [-0.1, -0.05) is 50.3 Å². The maximum atomic E-state index is 14.0. The van der Waals surface area contributed by atoms with Crippen molar-refractivity contribution in [2.75, 3.05) is 53.4 Å². The first-order valence-corrected chi connectivity index (χ1v) is 20.1. The second-order valence-corrected chi connectivity index (χ2v) is 17.6. The van der Waals surface area contributed by atoms with Gasteiger partial charge in [-0.25, -0.2) is 14.4 Å². The monoisotopic (exact) mass is 759 g/mol. The Morgan fingerprint density at radius 3 is 2.45 bits per heavy atom. The highest BCUT2D eigenvalue weighted by Gasteiger charge is 2.69. The Kier molecular flexibility index (Phi) is 9.89. The number of carbonyl (C=O) groups is 3. The fourth-order valence-electron chi connectivity index (χ4n) is 10.9. The van der Waals surface area contributed by atoms with Gasteiger partial charge in [0.25, 0.3) is 0 Å². The number of carbonyl (C=O) groups excluding carboxylic acids is 3. The Balaban J connectivity index is 1.07. The number of cyclic esters (lactones) is 1. The first kappa shape index (κ1) is 38.1. The second-order valence-electron chi connectivity index (χ2n) is 17.6. The highest BCUT2D eigenvalue weighted by atomic mass is 16.6. The summed E-state index contributed by atoms with van der Waals surface area (Å²) in [6, 6.07) is 11.1. The number of methoxy groups -OCH3 is 1. The van der Waals surface area contributed by atoms with Crippen LogP contribution in [0, 0.1) is 29.6 Å². The van der Waals surface area contributed by atoms with Crippen molar-refractivity contribution in [3.8, 4) is 0 Å². The second kappa shape index (κ2) is 14.3. The van der Waals surface area contributed by atoms with Crippen molar-refractivity contribution >= 4 is 17.9 Å². The smallest absolute Gasteiger partial charge is 0.355 e. The number of hydrogen-bond donors (Lipinski definition) is 2. The van der Waals surface area contributed by atoms with Gasteiger partial charge in [0.2, 0.25) is 0 Å². The number of aliphatic hydroxyl groups excluding tert-OH is 1. The van der Waals surface area contributed by atoms with Crippen LogP contribution < -0.4 is 0 Å². The third kappa shape index (κ3) is 6.47. The number of H-pyrrole nitrogens is 1. The number of esters is 3. The van der Waals surface area contributed by atoms with Crippen molar-refractivity contribution in [2.24, 2.45) is 29.6 Å². The number of aromatic nitrogens is 1. The van der Waals surface area contributed by atoms with Crippen molar-refractivity contribution in [3.63, 3.8) is 0 Å². The van der Waals surface area contributed by atoms with Gasteiger partial charge in [-0.2, -0.15) is 0 Å². The molecule has 2 unspecified atom stereocenters. The van der Waals surface area contributed by atoms with Crippen LogP contribution in [0.1, 0.15) is 60.5 Å². The molecule has 55 heavy (non-hydrogen) atoms. The fraction of sp³-hybridized carbons (Fsp3) is 0.605. The molecule has 6 heterocycles. The average Bonchev–Trinajstić information content (AvgIpc) is 3.78. The van der Waals surface area contributed by atoms with E-state index in [1.807, 2.05) is 51.1 Å². The number of nitrogens with one attached hydrogen (secondary N) is 1. The molecule has 1 saturated carbocycles. The molecule has 12 atom stereocenters. The molecule has 7 aliphatic rings. The average molecular weight is 760 g/mol. The number of aliphatic hydroxyl groups is 1. The number of benzene rings is 1. The summed E-state index contributed by atoms with van der Waals surface area (Å²) in [5.74, 6) is -3.25. The normalized spacial score (nSPS) is 42.0. The van der Waals surface area contributed by atoms with Gasteiger partial charge in [-0.3, -0.25) is 0 Å². The number of hydrogen-bond acceptors (Lipinski definition) is 9. The van der Waals surface area contributed by atoms with Gasteiger partial charge >= 0.3 is 17.9 Å². The van der Waals surface area contributed by atoms with Crippen LogP contribution in [0.4, 0.5) is 0 Å². The molecule has 9 rings (SSSR count). The van der Waals surface area contributed by atoms with Gasteiger partial charge in [0.05, 0.1) is 18.7 Å². The molecule has 6 bridgehead atoms. The molecule has 296 valence electrons. The van der Waals surface area contributed by atoms with E-state index in [1.165, 1.54) is 7.11 Å². The van der Waals surface area contributed by atoms with E-state index in [1.54, 1.807) is 25.3 Å². The summed E-state index contributed by atoms with van der Waals surface area (Å²) in [6.07, 6.45) is 3.39. The fourth-order valence-corrected chi connectivity index (χ4v) is 10.9. The maximum absolute atomic E-state index is 14.0. The van der Waals surface area contributed by atoms with E-state index >= 15 is 0 Å². The van der Waals surface area contributed by atoms with Crippen molar-refractivity contribution in [1.29, 1.82) is 0 Å². The van der Waals surface area contributed by atoms with Crippen LogP contribution in [0.15, 0.2) is 66.4 Å². The Hall–Kier alpha value is -3.81. The van der Waals surface area contributed by atoms with E-state index in [0.29, 0.717) is 11.3 Å². The van der Waals surface area contributed by atoms with Crippen LogP contribution in [0.25, 0.3) is 0 Å². The van der Waals surface area contributed by atoms with Crippen molar-refractivity contribution in [3.05, 3.63) is 83.2 Å². The molecular formula is C43H57N3O9+2. The Morgan fingerprint density at radius 1 is 1.04 bits per heavy atom. The van der Waals surface area contributed by atoms with E-state index < -0.39 is 72.0 Å². The lowest BCUT2D eigenvalue weighted by atomic mass is 9.57.